The molecular weight excluding hydrogens is 487 g/mol. The number of nitrogens with one attached hydrogen (secondary N) is 2. The Morgan fingerprint density at radius 3 is 2.36 bits per heavy atom. The quantitative estimate of drug-likeness (QED) is 0.238. The van der Waals surface area contributed by atoms with Crippen LogP contribution in [-0.4, -0.2) is 63.8 Å². The molecule has 0 aliphatic carbocycles. The lowest BCUT2D eigenvalue weighted by molar-refractivity contribution is 0.0982. The molecule has 160 valence electrons. The summed E-state index contributed by atoms with van der Waals surface area (Å²) in [7, 11) is -1.48. The molecule has 1 fully saturated rings. The summed E-state index contributed by atoms with van der Waals surface area (Å²) in [5.41, 5.74) is 0.0642. The highest BCUT2D eigenvalue weighted by molar-refractivity contribution is 14.0. The van der Waals surface area contributed by atoms with E-state index in [4.69, 9.17) is 0 Å². The maximum atomic E-state index is 12.3. The standard InChI is InChI=1S/C20H34N4O2S.HI/c1-20(2,24-14-8-5-9-15-24)17-23-19(21-3)22-13-10-16-27(25,26)18-11-6-4-7-12-18;/h4,6-7,11-12H,5,8-10,13-17H2,1-3H3,(H2,21,22,23);1H. The van der Waals surface area contributed by atoms with Gasteiger partial charge < -0.3 is 10.6 Å². The van der Waals surface area contributed by atoms with Crippen molar-refractivity contribution in [2.45, 2.75) is 50.0 Å². The van der Waals surface area contributed by atoms with Gasteiger partial charge in [0.15, 0.2) is 15.8 Å². The number of guanidine groups is 1. The van der Waals surface area contributed by atoms with Crippen molar-refractivity contribution in [1.29, 1.82) is 0 Å². The van der Waals surface area contributed by atoms with Gasteiger partial charge in [0.1, 0.15) is 0 Å². The number of likely N-dealkylation sites (tertiary alicyclic amines) is 1. The summed E-state index contributed by atoms with van der Waals surface area (Å²) in [5.74, 6) is 0.845. The van der Waals surface area contributed by atoms with Crippen molar-refractivity contribution >= 4 is 39.8 Å². The van der Waals surface area contributed by atoms with Crippen LogP contribution in [0.25, 0.3) is 0 Å². The van der Waals surface area contributed by atoms with E-state index < -0.39 is 9.84 Å². The summed E-state index contributed by atoms with van der Waals surface area (Å²) in [6.07, 6.45) is 4.40. The number of nitrogens with zero attached hydrogens (tertiary/aromatic N) is 2. The number of halogens is 1. The Bertz CT molecular complexity index is 702. The van der Waals surface area contributed by atoms with Gasteiger partial charge in [-0.25, -0.2) is 8.42 Å². The number of rotatable bonds is 8. The molecule has 0 spiro atoms. The Kier molecular flexibility index (Phi) is 10.8. The number of sulfone groups is 1. The molecule has 28 heavy (non-hydrogen) atoms. The molecule has 2 rings (SSSR count). The Hall–Kier alpha value is -0.870. The summed E-state index contributed by atoms with van der Waals surface area (Å²) in [5, 5.41) is 6.61. The summed E-state index contributed by atoms with van der Waals surface area (Å²) < 4.78 is 24.6. The minimum absolute atomic E-state index is 0. The summed E-state index contributed by atoms with van der Waals surface area (Å²) in [6.45, 7) is 8.18. The Morgan fingerprint density at radius 1 is 1.11 bits per heavy atom. The monoisotopic (exact) mass is 522 g/mol. The SMILES string of the molecule is CN=C(NCCCS(=O)(=O)c1ccccc1)NCC(C)(C)N1CCCCC1.I. The van der Waals surface area contributed by atoms with Crippen LogP contribution in [0.3, 0.4) is 0 Å². The van der Waals surface area contributed by atoms with E-state index in [1.54, 1.807) is 31.3 Å². The minimum Gasteiger partial charge on any atom is -0.356 e. The smallest absolute Gasteiger partial charge is 0.191 e. The molecule has 1 heterocycles. The van der Waals surface area contributed by atoms with Crippen LogP contribution < -0.4 is 10.6 Å². The van der Waals surface area contributed by atoms with Crippen molar-refractivity contribution < 1.29 is 8.42 Å². The van der Waals surface area contributed by atoms with E-state index in [0.717, 1.165) is 25.6 Å². The summed E-state index contributed by atoms with van der Waals surface area (Å²) >= 11 is 0. The van der Waals surface area contributed by atoms with Crippen LogP contribution in [0, 0.1) is 0 Å². The normalized spacial score (nSPS) is 16.3. The van der Waals surface area contributed by atoms with Crippen LogP contribution in [0.15, 0.2) is 40.2 Å². The zero-order valence-corrected chi connectivity index (χ0v) is 20.4. The van der Waals surface area contributed by atoms with E-state index in [-0.39, 0.29) is 35.3 Å². The van der Waals surface area contributed by atoms with Crippen molar-refractivity contribution in [2.24, 2.45) is 4.99 Å². The van der Waals surface area contributed by atoms with E-state index in [1.165, 1.54) is 19.3 Å². The predicted molar refractivity (Wildman–Crippen MR) is 127 cm³/mol. The largest absolute Gasteiger partial charge is 0.356 e. The molecule has 1 saturated heterocycles. The van der Waals surface area contributed by atoms with Gasteiger partial charge in [0.2, 0.25) is 0 Å². The molecule has 0 unspecified atom stereocenters. The second-order valence-electron chi connectivity index (χ2n) is 7.70. The average Bonchev–Trinajstić information content (AvgIpc) is 2.69. The highest BCUT2D eigenvalue weighted by atomic mass is 127. The lowest BCUT2D eigenvalue weighted by Gasteiger charge is -2.41. The maximum absolute atomic E-state index is 12.3. The second-order valence-corrected chi connectivity index (χ2v) is 9.81. The van der Waals surface area contributed by atoms with Crippen molar-refractivity contribution in [3.05, 3.63) is 30.3 Å². The second kappa shape index (κ2) is 12.0. The molecule has 0 amide bonds. The zero-order chi connectivity index (χ0) is 19.8. The number of aliphatic imine (C=N–C) groups is 1. The highest BCUT2D eigenvalue weighted by Crippen LogP contribution is 2.19. The molecule has 1 aromatic rings. The van der Waals surface area contributed by atoms with Gasteiger partial charge in [-0.05, 0) is 58.3 Å². The fraction of sp³-hybridized carbons (Fsp3) is 0.650. The third-order valence-electron chi connectivity index (χ3n) is 5.11. The summed E-state index contributed by atoms with van der Waals surface area (Å²) in [6, 6.07) is 8.61. The van der Waals surface area contributed by atoms with Gasteiger partial charge in [0.05, 0.1) is 10.6 Å². The van der Waals surface area contributed by atoms with Crippen molar-refractivity contribution in [3.63, 3.8) is 0 Å². The Labute approximate surface area is 187 Å². The van der Waals surface area contributed by atoms with Gasteiger partial charge in [-0.2, -0.15) is 0 Å². The molecule has 1 aliphatic heterocycles. The van der Waals surface area contributed by atoms with Crippen LogP contribution in [0.2, 0.25) is 0 Å². The average molecular weight is 522 g/mol. The maximum Gasteiger partial charge on any atom is 0.191 e. The molecule has 8 heteroatoms. The number of piperidine rings is 1. The van der Waals surface area contributed by atoms with Crippen molar-refractivity contribution in [3.8, 4) is 0 Å². The van der Waals surface area contributed by atoms with E-state index in [2.05, 4.69) is 34.4 Å². The van der Waals surface area contributed by atoms with Gasteiger partial charge in [-0.1, -0.05) is 24.6 Å². The first-order valence-corrected chi connectivity index (χ1v) is 11.5. The Morgan fingerprint density at radius 2 is 1.75 bits per heavy atom. The number of hydrogen-bond donors (Lipinski definition) is 2. The molecule has 0 radical (unpaired) electrons. The number of hydrogen-bond acceptors (Lipinski definition) is 4. The topological polar surface area (TPSA) is 73.8 Å². The first-order valence-electron chi connectivity index (χ1n) is 9.82. The highest BCUT2D eigenvalue weighted by Gasteiger charge is 2.27. The molecule has 1 aliphatic rings. The molecule has 1 aromatic carbocycles. The molecule has 0 bridgehead atoms. The van der Waals surface area contributed by atoms with Crippen LogP contribution >= 0.6 is 24.0 Å². The number of benzene rings is 1. The van der Waals surface area contributed by atoms with Gasteiger partial charge in [0.25, 0.3) is 0 Å². The summed E-state index contributed by atoms with van der Waals surface area (Å²) in [4.78, 5) is 7.17. The molecule has 0 saturated carbocycles. The molecule has 0 aromatic heterocycles. The van der Waals surface area contributed by atoms with Crippen LogP contribution in [0.1, 0.15) is 39.5 Å². The minimum atomic E-state index is -3.22. The van der Waals surface area contributed by atoms with Crippen molar-refractivity contribution in [1.82, 2.24) is 15.5 Å². The third-order valence-corrected chi connectivity index (χ3v) is 6.93. The van der Waals surface area contributed by atoms with Crippen LogP contribution in [0.4, 0.5) is 0 Å². The van der Waals surface area contributed by atoms with E-state index in [0.29, 0.717) is 17.9 Å². The zero-order valence-electron chi connectivity index (χ0n) is 17.3. The van der Waals surface area contributed by atoms with Crippen molar-refractivity contribution in [2.75, 3.05) is 39.0 Å². The molecule has 0 atom stereocenters. The van der Waals surface area contributed by atoms with E-state index in [1.807, 2.05) is 6.07 Å². The first kappa shape index (κ1) is 25.2. The van der Waals surface area contributed by atoms with Gasteiger partial charge in [0, 0.05) is 25.7 Å². The van der Waals surface area contributed by atoms with Gasteiger partial charge in [-0.15, -0.1) is 24.0 Å². The molecular formula is C20H35IN4O2S. The molecule has 2 N–H and O–H groups in total. The fourth-order valence-corrected chi connectivity index (χ4v) is 4.68. The Balaban J connectivity index is 0.00000392. The van der Waals surface area contributed by atoms with E-state index in [9.17, 15) is 8.42 Å². The fourth-order valence-electron chi connectivity index (χ4n) is 3.35. The molecule has 6 nitrogen and oxygen atoms in total. The van der Waals surface area contributed by atoms with E-state index >= 15 is 0 Å². The van der Waals surface area contributed by atoms with Crippen LogP contribution in [0.5, 0.6) is 0 Å². The lowest BCUT2D eigenvalue weighted by atomic mass is 9.98. The van der Waals surface area contributed by atoms with Gasteiger partial charge in [-0.3, -0.25) is 9.89 Å². The lowest BCUT2D eigenvalue weighted by Crippen LogP contribution is -2.54. The predicted octanol–water partition coefficient (Wildman–Crippen LogP) is 2.90. The van der Waals surface area contributed by atoms with Crippen LogP contribution in [-0.2, 0) is 9.84 Å². The first-order chi connectivity index (χ1) is 12.8. The van der Waals surface area contributed by atoms with Gasteiger partial charge >= 0.3 is 0 Å². The third kappa shape index (κ3) is 7.87.